The average Bonchev–Trinajstić information content (AvgIpc) is 2.52. The van der Waals surface area contributed by atoms with Gasteiger partial charge in [0.15, 0.2) is 10.9 Å². The molecule has 1 heterocycles. The highest BCUT2D eigenvalue weighted by Gasteiger charge is 2.14. The van der Waals surface area contributed by atoms with Crippen molar-refractivity contribution in [3.8, 4) is 0 Å². The lowest BCUT2D eigenvalue weighted by atomic mass is 10.1. The largest absolute Gasteiger partial charge is 0.293 e. The molecule has 1 aromatic rings. The van der Waals surface area contributed by atoms with Crippen molar-refractivity contribution >= 4 is 28.7 Å². The van der Waals surface area contributed by atoms with Gasteiger partial charge in [-0.15, -0.1) is 11.3 Å². The SMILES string of the molecule is CCCCCCC(=O)c1sc(C)nc1Cl. The van der Waals surface area contributed by atoms with Gasteiger partial charge in [0.25, 0.3) is 0 Å². The van der Waals surface area contributed by atoms with E-state index in [2.05, 4.69) is 11.9 Å². The minimum absolute atomic E-state index is 0.140. The molecule has 0 aliphatic heterocycles. The highest BCUT2D eigenvalue weighted by Crippen LogP contribution is 2.24. The van der Waals surface area contributed by atoms with Crippen LogP contribution < -0.4 is 0 Å². The van der Waals surface area contributed by atoms with Gasteiger partial charge in [-0.3, -0.25) is 4.79 Å². The maximum absolute atomic E-state index is 11.7. The van der Waals surface area contributed by atoms with E-state index in [1.54, 1.807) is 0 Å². The molecule has 0 aliphatic carbocycles. The van der Waals surface area contributed by atoms with E-state index in [9.17, 15) is 4.79 Å². The second-order valence-electron chi connectivity index (χ2n) is 3.59. The summed E-state index contributed by atoms with van der Waals surface area (Å²) in [6.07, 6.45) is 5.07. The molecule has 0 amide bonds. The van der Waals surface area contributed by atoms with Crippen molar-refractivity contribution in [3.63, 3.8) is 0 Å². The van der Waals surface area contributed by atoms with Crippen LogP contribution in [0.2, 0.25) is 5.15 Å². The van der Waals surface area contributed by atoms with Crippen molar-refractivity contribution < 1.29 is 4.79 Å². The molecule has 0 fully saturated rings. The number of aryl methyl sites for hydroxylation is 1. The molecule has 0 unspecified atom stereocenters. The van der Waals surface area contributed by atoms with Gasteiger partial charge in [0.2, 0.25) is 0 Å². The molecule has 1 aromatic heterocycles. The summed E-state index contributed by atoms with van der Waals surface area (Å²) in [4.78, 5) is 16.4. The van der Waals surface area contributed by atoms with Crippen molar-refractivity contribution in [2.45, 2.75) is 46.0 Å². The summed E-state index contributed by atoms with van der Waals surface area (Å²) in [5.41, 5.74) is 0. The van der Waals surface area contributed by atoms with Crippen molar-refractivity contribution in [1.82, 2.24) is 4.98 Å². The number of thiazole rings is 1. The van der Waals surface area contributed by atoms with Gasteiger partial charge in [-0.1, -0.05) is 37.8 Å². The first-order chi connectivity index (χ1) is 7.15. The second-order valence-corrected chi connectivity index (χ2v) is 5.15. The van der Waals surface area contributed by atoms with Crippen LogP contribution >= 0.6 is 22.9 Å². The number of carbonyl (C=O) groups excluding carboxylic acids is 1. The van der Waals surface area contributed by atoms with Gasteiger partial charge in [-0.2, -0.15) is 0 Å². The van der Waals surface area contributed by atoms with Crippen molar-refractivity contribution in [2.24, 2.45) is 0 Å². The van der Waals surface area contributed by atoms with Crippen LogP contribution in [0.4, 0.5) is 0 Å². The first kappa shape index (κ1) is 12.7. The predicted octanol–water partition coefficient (Wildman–Crippen LogP) is 4.26. The topological polar surface area (TPSA) is 30.0 Å². The molecule has 0 bridgehead atoms. The summed E-state index contributed by atoms with van der Waals surface area (Å²) in [6.45, 7) is 4.02. The number of nitrogens with zero attached hydrogens (tertiary/aromatic N) is 1. The number of carbonyl (C=O) groups is 1. The molecule has 0 N–H and O–H groups in total. The second kappa shape index (κ2) is 6.23. The van der Waals surface area contributed by atoms with E-state index in [0.717, 1.165) is 17.8 Å². The quantitative estimate of drug-likeness (QED) is 0.554. The minimum Gasteiger partial charge on any atom is -0.293 e. The zero-order valence-corrected chi connectivity index (χ0v) is 10.7. The van der Waals surface area contributed by atoms with Crippen LogP contribution in [0.5, 0.6) is 0 Å². The molecule has 15 heavy (non-hydrogen) atoms. The number of aromatic nitrogens is 1. The van der Waals surface area contributed by atoms with Crippen molar-refractivity contribution in [3.05, 3.63) is 15.0 Å². The molecule has 0 saturated heterocycles. The molecule has 4 heteroatoms. The predicted molar refractivity (Wildman–Crippen MR) is 65.0 cm³/mol. The van der Waals surface area contributed by atoms with Crippen LogP contribution in [0.1, 0.15) is 53.7 Å². The lowest BCUT2D eigenvalue weighted by Gasteiger charge is -1.97. The Balaban J connectivity index is 2.43. The van der Waals surface area contributed by atoms with Crippen LogP contribution in [0.15, 0.2) is 0 Å². The van der Waals surface area contributed by atoms with Gasteiger partial charge in [0.05, 0.1) is 5.01 Å². The zero-order chi connectivity index (χ0) is 11.3. The fourth-order valence-corrected chi connectivity index (χ4v) is 2.58. The molecule has 0 aliphatic rings. The Morgan fingerprint density at radius 1 is 1.40 bits per heavy atom. The lowest BCUT2D eigenvalue weighted by molar-refractivity contribution is 0.0983. The highest BCUT2D eigenvalue weighted by atomic mass is 35.5. The first-order valence-electron chi connectivity index (χ1n) is 5.31. The fraction of sp³-hybridized carbons (Fsp3) is 0.636. The summed E-state index contributed by atoms with van der Waals surface area (Å²) >= 11 is 7.25. The number of rotatable bonds is 6. The van der Waals surface area contributed by atoms with Gasteiger partial charge >= 0.3 is 0 Å². The summed E-state index contributed by atoms with van der Waals surface area (Å²) in [5.74, 6) is 0.140. The molecule has 0 saturated carbocycles. The van der Waals surface area contributed by atoms with Crippen LogP contribution in [-0.2, 0) is 0 Å². The van der Waals surface area contributed by atoms with Crippen LogP contribution in [0, 0.1) is 6.92 Å². The van der Waals surface area contributed by atoms with E-state index in [-0.39, 0.29) is 5.78 Å². The van der Waals surface area contributed by atoms with Gasteiger partial charge in [0, 0.05) is 6.42 Å². The molecule has 0 radical (unpaired) electrons. The smallest absolute Gasteiger partial charge is 0.175 e. The van der Waals surface area contributed by atoms with E-state index in [1.165, 1.54) is 24.2 Å². The van der Waals surface area contributed by atoms with E-state index < -0.39 is 0 Å². The molecule has 1 rings (SSSR count). The number of halogens is 1. The number of hydrogen-bond acceptors (Lipinski definition) is 3. The lowest BCUT2D eigenvalue weighted by Crippen LogP contribution is -1.96. The number of hydrogen-bond donors (Lipinski definition) is 0. The summed E-state index contributed by atoms with van der Waals surface area (Å²) in [6, 6.07) is 0. The Morgan fingerprint density at radius 3 is 2.67 bits per heavy atom. The van der Waals surface area contributed by atoms with E-state index >= 15 is 0 Å². The van der Waals surface area contributed by atoms with Gasteiger partial charge in [-0.25, -0.2) is 4.98 Å². The molecular weight excluding hydrogens is 230 g/mol. The Labute approximate surface area is 99.7 Å². The third kappa shape index (κ3) is 3.92. The molecule has 84 valence electrons. The fourth-order valence-electron chi connectivity index (χ4n) is 1.40. The Hall–Kier alpha value is -0.410. The third-order valence-corrected chi connectivity index (χ3v) is 3.60. The Bertz CT molecular complexity index is 335. The van der Waals surface area contributed by atoms with Gasteiger partial charge in [0.1, 0.15) is 4.88 Å². The standard InChI is InChI=1S/C11H16ClNOS/c1-3-4-5-6-7-9(14)10-11(12)13-8(2)15-10/h3-7H2,1-2H3. The summed E-state index contributed by atoms with van der Waals surface area (Å²) in [5, 5.41) is 1.23. The first-order valence-corrected chi connectivity index (χ1v) is 6.50. The van der Waals surface area contributed by atoms with E-state index in [4.69, 9.17) is 11.6 Å². The zero-order valence-electron chi connectivity index (χ0n) is 9.18. The Kier molecular flexibility index (Phi) is 5.26. The molecule has 0 spiro atoms. The van der Waals surface area contributed by atoms with Gasteiger partial charge in [-0.05, 0) is 13.3 Å². The number of unbranched alkanes of at least 4 members (excludes halogenated alkanes) is 3. The molecule has 0 atom stereocenters. The number of ketones is 1. The molecule has 2 nitrogen and oxygen atoms in total. The highest BCUT2D eigenvalue weighted by molar-refractivity contribution is 7.14. The van der Waals surface area contributed by atoms with E-state index in [1.807, 2.05) is 6.92 Å². The van der Waals surface area contributed by atoms with Crippen LogP contribution in [0.3, 0.4) is 0 Å². The summed E-state index contributed by atoms with van der Waals surface area (Å²) < 4.78 is 0. The van der Waals surface area contributed by atoms with Crippen LogP contribution in [-0.4, -0.2) is 10.8 Å². The maximum Gasteiger partial charge on any atom is 0.175 e. The van der Waals surface area contributed by atoms with Crippen LogP contribution in [0.25, 0.3) is 0 Å². The normalized spacial score (nSPS) is 10.6. The molecular formula is C11H16ClNOS. The summed E-state index contributed by atoms with van der Waals surface area (Å²) in [7, 11) is 0. The average molecular weight is 246 g/mol. The van der Waals surface area contributed by atoms with Gasteiger partial charge < -0.3 is 0 Å². The monoisotopic (exact) mass is 245 g/mol. The van der Waals surface area contributed by atoms with Crippen molar-refractivity contribution in [2.75, 3.05) is 0 Å². The van der Waals surface area contributed by atoms with E-state index in [0.29, 0.717) is 16.5 Å². The van der Waals surface area contributed by atoms with Crippen molar-refractivity contribution in [1.29, 1.82) is 0 Å². The third-order valence-electron chi connectivity index (χ3n) is 2.20. The Morgan fingerprint density at radius 2 is 2.13 bits per heavy atom. The molecule has 0 aromatic carbocycles. The number of Topliss-reactive ketones (excluding diaryl/α,β-unsaturated/α-hetero) is 1. The maximum atomic E-state index is 11.7. The minimum atomic E-state index is 0.140.